The minimum atomic E-state index is 0.799. The van der Waals surface area contributed by atoms with Gasteiger partial charge in [-0.05, 0) is 43.0 Å². The molecule has 0 atom stereocenters. The van der Waals surface area contributed by atoms with E-state index < -0.39 is 0 Å². The van der Waals surface area contributed by atoms with Gasteiger partial charge in [-0.3, -0.25) is 4.98 Å². The second-order valence-corrected chi connectivity index (χ2v) is 3.68. The quantitative estimate of drug-likeness (QED) is 0.735. The van der Waals surface area contributed by atoms with Crippen molar-refractivity contribution in [1.29, 1.82) is 0 Å². The summed E-state index contributed by atoms with van der Waals surface area (Å²) in [6.45, 7) is 0.799. The molecule has 2 rings (SSSR count). The summed E-state index contributed by atoms with van der Waals surface area (Å²) < 4.78 is 0. The zero-order valence-corrected chi connectivity index (χ0v) is 8.37. The van der Waals surface area contributed by atoms with Gasteiger partial charge in [0.15, 0.2) is 0 Å². The van der Waals surface area contributed by atoms with Gasteiger partial charge in [0.2, 0.25) is 0 Å². The maximum absolute atomic E-state index is 5.48. The van der Waals surface area contributed by atoms with Crippen LogP contribution in [0, 0.1) is 0 Å². The van der Waals surface area contributed by atoms with Crippen molar-refractivity contribution < 1.29 is 0 Å². The SMILES string of the molecule is NCCCCC1=CCc2ncccc21. The second-order valence-electron chi connectivity index (χ2n) is 3.68. The Morgan fingerprint density at radius 3 is 3.14 bits per heavy atom. The average Bonchev–Trinajstić information content (AvgIpc) is 2.63. The summed E-state index contributed by atoms with van der Waals surface area (Å²) in [5, 5.41) is 0. The molecule has 0 fully saturated rings. The van der Waals surface area contributed by atoms with E-state index >= 15 is 0 Å². The van der Waals surface area contributed by atoms with Gasteiger partial charge in [-0.1, -0.05) is 12.1 Å². The van der Waals surface area contributed by atoms with E-state index in [1.165, 1.54) is 23.3 Å². The Labute approximate surface area is 84.9 Å². The molecule has 0 spiro atoms. The van der Waals surface area contributed by atoms with Crippen LogP contribution in [0.5, 0.6) is 0 Å². The standard InChI is InChI=1S/C12H16N2/c13-8-2-1-4-10-6-7-12-11(10)5-3-9-14-12/h3,5-6,9H,1-2,4,7-8,13H2. The van der Waals surface area contributed by atoms with Gasteiger partial charge in [0.1, 0.15) is 0 Å². The van der Waals surface area contributed by atoms with E-state index in [-0.39, 0.29) is 0 Å². The molecular weight excluding hydrogens is 172 g/mol. The first kappa shape index (κ1) is 9.41. The molecule has 14 heavy (non-hydrogen) atoms. The molecular formula is C12H16N2. The highest BCUT2D eigenvalue weighted by atomic mass is 14.7. The molecule has 0 saturated heterocycles. The van der Waals surface area contributed by atoms with Gasteiger partial charge in [-0.2, -0.15) is 0 Å². The summed E-state index contributed by atoms with van der Waals surface area (Å²) in [7, 11) is 0. The van der Waals surface area contributed by atoms with E-state index in [4.69, 9.17) is 5.73 Å². The Bertz CT molecular complexity index is 342. The number of allylic oxidation sites excluding steroid dienone is 2. The fraction of sp³-hybridized carbons (Fsp3) is 0.417. The van der Waals surface area contributed by atoms with Crippen LogP contribution in [0.25, 0.3) is 5.57 Å². The van der Waals surface area contributed by atoms with Crippen LogP contribution in [0.1, 0.15) is 30.5 Å². The summed E-state index contributed by atoms with van der Waals surface area (Å²) in [5.41, 5.74) is 9.52. The van der Waals surface area contributed by atoms with E-state index in [0.29, 0.717) is 0 Å². The molecule has 1 heterocycles. The van der Waals surface area contributed by atoms with Crippen LogP contribution in [-0.2, 0) is 6.42 Å². The van der Waals surface area contributed by atoms with Gasteiger partial charge < -0.3 is 5.73 Å². The van der Waals surface area contributed by atoms with Crippen LogP contribution in [0.4, 0.5) is 0 Å². The van der Waals surface area contributed by atoms with Gasteiger partial charge in [0.25, 0.3) is 0 Å². The Balaban J connectivity index is 2.02. The van der Waals surface area contributed by atoms with Gasteiger partial charge >= 0.3 is 0 Å². The number of hydrogen-bond acceptors (Lipinski definition) is 2. The first-order valence-electron chi connectivity index (χ1n) is 5.25. The van der Waals surface area contributed by atoms with Crippen LogP contribution in [0.15, 0.2) is 24.4 Å². The van der Waals surface area contributed by atoms with E-state index in [0.717, 1.165) is 25.8 Å². The van der Waals surface area contributed by atoms with E-state index in [1.54, 1.807) is 0 Å². The zero-order chi connectivity index (χ0) is 9.80. The number of aromatic nitrogens is 1. The van der Waals surface area contributed by atoms with E-state index in [2.05, 4.69) is 17.1 Å². The minimum absolute atomic E-state index is 0.799. The molecule has 0 aliphatic heterocycles. The van der Waals surface area contributed by atoms with Gasteiger partial charge in [0.05, 0.1) is 5.69 Å². The summed E-state index contributed by atoms with van der Waals surface area (Å²) >= 11 is 0. The Kier molecular flexibility index (Phi) is 2.94. The third-order valence-corrected chi connectivity index (χ3v) is 2.68. The number of rotatable bonds is 4. The van der Waals surface area contributed by atoms with Crippen LogP contribution >= 0.6 is 0 Å². The van der Waals surface area contributed by atoms with Crippen LogP contribution in [0.2, 0.25) is 0 Å². The molecule has 1 aromatic rings. The van der Waals surface area contributed by atoms with Crippen LogP contribution in [0.3, 0.4) is 0 Å². The van der Waals surface area contributed by atoms with E-state index in [9.17, 15) is 0 Å². The molecule has 0 radical (unpaired) electrons. The lowest BCUT2D eigenvalue weighted by Crippen LogP contribution is -1.98. The highest BCUT2D eigenvalue weighted by Crippen LogP contribution is 2.29. The van der Waals surface area contributed by atoms with Crippen molar-refractivity contribution in [2.75, 3.05) is 6.54 Å². The molecule has 0 aromatic carbocycles. The molecule has 74 valence electrons. The normalized spacial score (nSPS) is 13.9. The molecule has 0 saturated carbocycles. The predicted molar refractivity (Wildman–Crippen MR) is 58.8 cm³/mol. The van der Waals surface area contributed by atoms with Gasteiger partial charge in [-0.25, -0.2) is 0 Å². The smallest absolute Gasteiger partial charge is 0.0516 e. The summed E-state index contributed by atoms with van der Waals surface area (Å²) in [6.07, 6.45) is 8.64. The monoisotopic (exact) mass is 188 g/mol. The lowest BCUT2D eigenvalue weighted by atomic mass is 10.0. The van der Waals surface area contributed by atoms with Crippen molar-refractivity contribution >= 4 is 5.57 Å². The number of pyridine rings is 1. The molecule has 0 bridgehead atoms. The second kappa shape index (κ2) is 4.38. The highest BCUT2D eigenvalue weighted by Gasteiger charge is 2.13. The molecule has 0 amide bonds. The highest BCUT2D eigenvalue weighted by molar-refractivity contribution is 5.71. The topological polar surface area (TPSA) is 38.9 Å². The fourth-order valence-corrected chi connectivity index (χ4v) is 1.92. The van der Waals surface area contributed by atoms with Crippen molar-refractivity contribution in [1.82, 2.24) is 4.98 Å². The molecule has 2 N–H and O–H groups in total. The van der Waals surface area contributed by atoms with Crippen molar-refractivity contribution in [2.24, 2.45) is 5.73 Å². The first-order chi connectivity index (χ1) is 6.92. The lowest BCUT2D eigenvalue weighted by Gasteiger charge is -2.03. The minimum Gasteiger partial charge on any atom is -0.330 e. The zero-order valence-electron chi connectivity index (χ0n) is 8.37. The summed E-state index contributed by atoms with van der Waals surface area (Å²) in [6, 6.07) is 4.19. The Hall–Kier alpha value is -1.15. The third-order valence-electron chi connectivity index (χ3n) is 2.68. The third kappa shape index (κ3) is 1.85. The first-order valence-corrected chi connectivity index (χ1v) is 5.25. The molecule has 1 aliphatic carbocycles. The maximum atomic E-state index is 5.48. The van der Waals surface area contributed by atoms with E-state index in [1.807, 2.05) is 12.3 Å². The van der Waals surface area contributed by atoms with Crippen molar-refractivity contribution in [3.63, 3.8) is 0 Å². The maximum Gasteiger partial charge on any atom is 0.0516 e. The van der Waals surface area contributed by atoms with Gasteiger partial charge in [-0.15, -0.1) is 0 Å². The predicted octanol–water partition coefficient (Wildman–Crippen LogP) is 2.15. The van der Waals surface area contributed by atoms with Crippen molar-refractivity contribution in [3.8, 4) is 0 Å². The number of nitrogens with two attached hydrogens (primary N) is 1. The number of unbranched alkanes of at least 4 members (excludes halogenated alkanes) is 1. The van der Waals surface area contributed by atoms with Crippen molar-refractivity contribution in [3.05, 3.63) is 35.7 Å². The van der Waals surface area contributed by atoms with Crippen LogP contribution in [-0.4, -0.2) is 11.5 Å². The lowest BCUT2D eigenvalue weighted by molar-refractivity contribution is 0.766. The molecule has 0 unspecified atom stereocenters. The average molecular weight is 188 g/mol. The van der Waals surface area contributed by atoms with Crippen molar-refractivity contribution in [2.45, 2.75) is 25.7 Å². The number of fused-ring (bicyclic) bond motifs is 1. The number of hydrogen-bond donors (Lipinski definition) is 1. The summed E-state index contributed by atoms with van der Waals surface area (Å²) in [4.78, 5) is 4.36. The Morgan fingerprint density at radius 1 is 1.36 bits per heavy atom. The Morgan fingerprint density at radius 2 is 2.29 bits per heavy atom. The molecule has 1 aromatic heterocycles. The molecule has 2 heteroatoms. The van der Waals surface area contributed by atoms with Gasteiger partial charge in [0, 0.05) is 12.6 Å². The van der Waals surface area contributed by atoms with Crippen LogP contribution < -0.4 is 5.73 Å². The largest absolute Gasteiger partial charge is 0.330 e. The molecule has 1 aliphatic rings. The summed E-state index contributed by atoms with van der Waals surface area (Å²) in [5.74, 6) is 0. The molecule has 2 nitrogen and oxygen atoms in total. The fourth-order valence-electron chi connectivity index (χ4n) is 1.92. The number of nitrogens with zero attached hydrogens (tertiary/aromatic N) is 1.